The number of aromatic nitrogens is 2. The molecule has 0 saturated heterocycles. The number of unbranched alkanes of at least 4 members (excludes halogenated alkanes) is 1. The largest absolute Gasteiger partial charge is 0.309 e. The Bertz CT molecular complexity index is 974. The van der Waals surface area contributed by atoms with Crippen molar-refractivity contribution >= 4 is 34.3 Å². The minimum atomic E-state index is -0.0641. The van der Waals surface area contributed by atoms with Gasteiger partial charge in [-0.25, -0.2) is 9.97 Å². The molecule has 0 fully saturated rings. The van der Waals surface area contributed by atoms with E-state index in [1.807, 2.05) is 54.6 Å². The van der Waals surface area contributed by atoms with Crippen molar-refractivity contribution in [1.82, 2.24) is 9.97 Å². The van der Waals surface area contributed by atoms with Crippen LogP contribution < -0.4 is 5.32 Å². The molecule has 1 unspecified atom stereocenters. The van der Waals surface area contributed by atoms with Crippen LogP contribution in [0.25, 0.3) is 11.3 Å². The third-order valence-electron chi connectivity index (χ3n) is 5.48. The number of carbonyl (C=O) groups excluding carboxylic acids is 1. The van der Waals surface area contributed by atoms with Gasteiger partial charge in [-0.3, -0.25) is 4.79 Å². The number of amides is 1. The standard InChI is InChI=1S/C26H30IN3O/c1-3-5-9-19(4-2)16-23-26(28-18-24(29-23)21-10-7-6-8-11-21)30-25(31)17-20-12-14-22(27)15-13-20/h6-8,10-15,18-19H,3-5,9,16-17H2,1-2H3,(H,28,30,31). The number of nitrogens with one attached hydrogen (secondary N) is 1. The van der Waals surface area contributed by atoms with Gasteiger partial charge in [0.15, 0.2) is 5.82 Å². The van der Waals surface area contributed by atoms with Crippen LogP contribution in [0.5, 0.6) is 0 Å². The smallest absolute Gasteiger partial charge is 0.229 e. The van der Waals surface area contributed by atoms with Crippen LogP contribution in [0.2, 0.25) is 0 Å². The van der Waals surface area contributed by atoms with Gasteiger partial charge in [-0.1, -0.05) is 82.0 Å². The van der Waals surface area contributed by atoms with Crippen LogP contribution in [0.15, 0.2) is 60.8 Å². The Morgan fingerprint density at radius 1 is 1.06 bits per heavy atom. The van der Waals surface area contributed by atoms with Gasteiger partial charge in [-0.05, 0) is 52.6 Å². The zero-order valence-corrected chi connectivity index (χ0v) is 20.4. The molecule has 1 aromatic heterocycles. The van der Waals surface area contributed by atoms with Gasteiger partial charge in [-0.2, -0.15) is 0 Å². The Hall–Kier alpha value is -2.28. The summed E-state index contributed by atoms with van der Waals surface area (Å²) >= 11 is 2.27. The molecule has 5 heteroatoms. The lowest BCUT2D eigenvalue weighted by Gasteiger charge is -2.17. The average Bonchev–Trinajstić information content (AvgIpc) is 2.79. The van der Waals surface area contributed by atoms with E-state index in [1.165, 1.54) is 19.3 Å². The van der Waals surface area contributed by atoms with E-state index in [9.17, 15) is 4.79 Å². The van der Waals surface area contributed by atoms with Crippen molar-refractivity contribution in [2.75, 3.05) is 5.32 Å². The van der Waals surface area contributed by atoms with Crippen LogP contribution in [0.4, 0.5) is 5.82 Å². The molecule has 2 aromatic carbocycles. The Morgan fingerprint density at radius 3 is 2.48 bits per heavy atom. The van der Waals surface area contributed by atoms with E-state index < -0.39 is 0 Å². The normalized spacial score (nSPS) is 11.8. The topological polar surface area (TPSA) is 54.9 Å². The Kier molecular flexibility index (Phi) is 9.00. The van der Waals surface area contributed by atoms with E-state index in [-0.39, 0.29) is 5.91 Å². The van der Waals surface area contributed by atoms with Crippen molar-refractivity contribution in [1.29, 1.82) is 0 Å². The Labute approximate surface area is 199 Å². The molecule has 4 nitrogen and oxygen atoms in total. The quantitative estimate of drug-likeness (QED) is 0.299. The summed E-state index contributed by atoms with van der Waals surface area (Å²) in [4.78, 5) is 22.3. The highest BCUT2D eigenvalue weighted by molar-refractivity contribution is 14.1. The van der Waals surface area contributed by atoms with Crippen molar-refractivity contribution in [3.05, 3.63) is 75.6 Å². The molecule has 31 heavy (non-hydrogen) atoms. The lowest BCUT2D eigenvalue weighted by atomic mass is 9.94. The number of nitrogens with zero attached hydrogens (tertiary/aromatic N) is 2. The Morgan fingerprint density at radius 2 is 1.81 bits per heavy atom. The summed E-state index contributed by atoms with van der Waals surface area (Å²) in [6.45, 7) is 4.45. The van der Waals surface area contributed by atoms with Crippen molar-refractivity contribution < 1.29 is 4.79 Å². The first-order chi connectivity index (χ1) is 15.1. The van der Waals surface area contributed by atoms with E-state index in [1.54, 1.807) is 6.20 Å². The molecule has 1 heterocycles. The zero-order chi connectivity index (χ0) is 22.1. The molecule has 1 amide bonds. The number of benzene rings is 2. The monoisotopic (exact) mass is 527 g/mol. The molecule has 0 bridgehead atoms. The highest BCUT2D eigenvalue weighted by atomic mass is 127. The second-order valence-electron chi connectivity index (χ2n) is 7.89. The van der Waals surface area contributed by atoms with E-state index in [4.69, 9.17) is 4.98 Å². The molecule has 0 saturated carbocycles. The van der Waals surface area contributed by atoms with Crippen LogP contribution in [-0.2, 0) is 17.6 Å². The van der Waals surface area contributed by atoms with Crippen molar-refractivity contribution in [3.8, 4) is 11.3 Å². The molecule has 0 aliphatic rings. The SMILES string of the molecule is CCCCC(CC)Cc1nc(-c2ccccc2)cnc1NC(=O)Cc1ccc(I)cc1. The molecule has 162 valence electrons. The molecule has 0 spiro atoms. The summed E-state index contributed by atoms with van der Waals surface area (Å²) in [7, 11) is 0. The summed E-state index contributed by atoms with van der Waals surface area (Å²) in [6, 6.07) is 18.1. The molecule has 3 rings (SSSR count). The number of rotatable bonds is 10. The molecule has 3 aromatic rings. The average molecular weight is 527 g/mol. The van der Waals surface area contributed by atoms with Crippen LogP contribution >= 0.6 is 22.6 Å². The number of hydrogen-bond donors (Lipinski definition) is 1. The van der Waals surface area contributed by atoms with Crippen LogP contribution in [-0.4, -0.2) is 15.9 Å². The van der Waals surface area contributed by atoms with Gasteiger partial charge in [0, 0.05) is 9.13 Å². The first-order valence-electron chi connectivity index (χ1n) is 11.0. The second-order valence-corrected chi connectivity index (χ2v) is 9.13. The van der Waals surface area contributed by atoms with Gasteiger partial charge < -0.3 is 5.32 Å². The van der Waals surface area contributed by atoms with Crippen molar-refractivity contribution in [2.45, 2.75) is 52.4 Å². The molecule has 0 radical (unpaired) electrons. The van der Waals surface area contributed by atoms with Crippen LogP contribution in [0.1, 0.15) is 50.8 Å². The van der Waals surface area contributed by atoms with E-state index in [0.29, 0.717) is 18.2 Å². The highest BCUT2D eigenvalue weighted by Gasteiger charge is 2.16. The number of halogens is 1. The molecule has 0 aliphatic carbocycles. The van der Waals surface area contributed by atoms with E-state index in [0.717, 1.165) is 38.9 Å². The fourth-order valence-corrected chi connectivity index (χ4v) is 3.96. The molecular formula is C26H30IN3O. The van der Waals surface area contributed by atoms with E-state index in [2.05, 4.69) is 46.7 Å². The molecule has 1 N–H and O–H groups in total. The molecular weight excluding hydrogens is 497 g/mol. The van der Waals surface area contributed by atoms with Gasteiger partial charge >= 0.3 is 0 Å². The number of carbonyl (C=O) groups is 1. The predicted octanol–water partition coefficient (Wildman–Crippen LogP) is 6.69. The van der Waals surface area contributed by atoms with E-state index >= 15 is 0 Å². The fourth-order valence-electron chi connectivity index (χ4n) is 3.60. The predicted molar refractivity (Wildman–Crippen MR) is 136 cm³/mol. The summed E-state index contributed by atoms with van der Waals surface area (Å²) in [5, 5.41) is 3.02. The van der Waals surface area contributed by atoms with Crippen LogP contribution in [0, 0.1) is 9.49 Å². The maximum absolute atomic E-state index is 12.7. The van der Waals surface area contributed by atoms with Crippen LogP contribution in [0.3, 0.4) is 0 Å². The zero-order valence-electron chi connectivity index (χ0n) is 18.3. The fraction of sp³-hybridized carbons (Fsp3) is 0.346. The number of hydrogen-bond acceptors (Lipinski definition) is 3. The minimum Gasteiger partial charge on any atom is -0.309 e. The molecule has 0 aliphatic heterocycles. The lowest BCUT2D eigenvalue weighted by Crippen LogP contribution is -2.18. The maximum Gasteiger partial charge on any atom is 0.229 e. The van der Waals surface area contributed by atoms with Gasteiger partial charge in [0.1, 0.15) is 0 Å². The molecule has 1 atom stereocenters. The summed E-state index contributed by atoms with van der Waals surface area (Å²) in [5.41, 5.74) is 3.74. The summed E-state index contributed by atoms with van der Waals surface area (Å²) < 4.78 is 1.16. The number of anilines is 1. The van der Waals surface area contributed by atoms with Gasteiger partial charge in [0.05, 0.1) is 24.0 Å². The highest BCUT2D eigenvalue weighted by Crippen LogP contribution is 2.25. The minimum absolute atomic E-state index is 0.0641. The summed E-state index contributed by atoms with van der Waals surface area (Å²) in [5.74, 6) is 1.06. The van der Waals surface area contributed by atoms with Crippen molar-refractivity contribution in [2.24, 2.45) is 5.92 Å². The third-order valence-corrected chi connectivity index (χ3v) is 6.19. The van der Waals surface area contributed by atoms with Gasteiger partial charge in [0.2, 0.25) is 5.91 Å². The Balaban J connectivity index is 1.82. The second kappa shape index (κ2) is 11.9. The summed E-state index contributed by atoms with van der Waals surface area (Å²) in [6.07, 6.45) is 7.55. The lowest BCUT2D eigenvalue weighted by molar-refractivity contribution is -0.115. The van der Waals surface area contributed by atoms with Crippen molar-refractivity contribution in [3.63, 3.8) is 0 Å². The van der Waals surface area contributed by atoms with Gasteiger partial charge in [-0.15, -0.1) is 0 Å². The first kappa shape index (κ1) is 23.4. The maximum atomic E-state index is 12.7. The third kappa shape index (κ3) is 7.13. The van der Waals surface area contributed by atoms with Gasteiger partial charge in [0.25, 0.3) is 0 Å². The first-order valence-corrected chi connectivity index (χ1v) is 12.1.